The molecule has 0 radical (unpaired) electrons. The Morgan fingerprint density at radius 2 is 2.14 bits per heavy atom. The SMILES string of the molecule is C[C@H](NP(=O)(CO[C@@H]1C=C(F)[C@H](N2I=Nc3c(N)ncnc32)O1)Oc1ccccc1)C(O)OC1CCC1. The molecule has 4 N–H and O–H groups in total. The molecule has 200 valence electrons. The maximum absolute atomic E-state index is 14.9. The van der Waals surface area contributed by atoms with Gasteiger partial charge >= 0.3 is 7.52 Å². The van der Waals surface area contributed by atoms with E-state index in [1.807, 2.05) is 0 Å². The van der Waals surface area contributed by atoms with Gasteiger partial charge in [0, 0.05) is 6.08 Å². The van der Waals surface area contributed by atoms with E-state index < -0.39 is 65.9 Å². The van der Waals surface area contributed by atoms with E-state index in [4.69, 9.17) is 24.5 Å². The van der Waals surface area contributed by atoms with Gasteiger partial charge in [0.15, 0.2) is 48.3 Å². The Bertz CT molecular complexity index is 1220. The third kappa shape index (κ3) is 6.16. The number of hydrogen-bond acceptors (Lipinski definition) is 11. The number of nitrogens with one attached hydrogen (secondary N) is 1. The standard InChI is InChI=1S/C22H27FIN6O6P/c1-13(22(31)34-14-8-5-9-14)29-37(32,36-15-6-3-2-4-7-15)12-33-17-10-16(23)21(35-17)30-20-18(28-24-30)19(25)26-11-27-20/h2-4,6-7,10-11,13-14,17,21-22,31H,5,8-9,12H2,1H3,(H,29,32)(H2,25,26,27)/t13-,17-,21+,22?,37?/m0/s1. The number of nitrogens with two attached hydrogens (primary N) is 1. The molecule has 37 heavy (non-hydrogen) atoms. The number of fused-ring (bicyclic) bond motifs is 1. The fraction of sp³-hybridized carbons (Fsp3) is 0.455. The van der Waals surface area contributed by atoms with Gasteiger partial charge in [0.25, 0.3) is 0 Å². The van der Waals surface area contributed by atoms with Gasteiger partial charge in [-0.3, -0.25) is 7.68 Å². The molecule has 1 aromatic heterocycles. The van der Waals surface area contributed by atoms with Crippen LogP contribution in [-0.4, -0.2) is 52.4 Å². The van der Waals surface area contributed by atoms with Crippen molar-refractivity contribution in [3.63, 3.8) is 0 Å². The Morgan fingerprint density at radius 1 is 1.35 bits per heavy atom. The Morgan fingerprint density at radius 3 is 2.86 bits per heavy atom. The fourth-order valence-corrected chi connectivity index (χ4v) is 7.51. The van der Waals surface area contributed by atoms with Gasteiger partial charge in [-0.05, 0) is 38.3 Å². The van der Waals surface area contributed by atoms with Crippen molar-refractivity contribution in [1.29, 1.82) is 0 Å². The van der Waals surface area contributed by atoms with E-state index >= 15 is 0 Å². The van der Waals surface area contributed by atoms with Crippen molar-refractivity contribution in [3.05, 3.63) is 48.6 Å². The Hall–Kier alpha value is -2.07. The highest BCUT2D eigenvalue weighted by Gasteiger charge is 2.39. The lowest BCUT2D eigenvalue weighted by Gasteiger charge is -2.32. The summed E-state index contributed by atoms with van der Waals surface area (Å²) < 4.78 is 57.4. The minimum Gasteiger partial charge on any atom is -0.431 e. The quantitative estimate of drug-likeness (QED) is 0.139. The number of nitrogens with zero attached hydrogens (tertiary/aromatic N) is 4. The number of para-hydroxylation sites is 1. The van der Waals surface area contributed by atoms with Crippen molar-refractivity contribution in [2.24, 2.45) is 3.15 Å². The number of hydrogen-bond donors (Lipinski definition) is 3. The molecule has 1 aliphatic carbocycles. The maximum Gasteiger partial charge on any atom is 0.342 e. The Labute approximate surface area is 223 Å². The first kappa shape index (κ1) is 26.5. The van der Waals surface area contributed by atoms with Gasteiger partial charge in [0.05, 0.1) is 12.1 Å². The first-order chi connectivity index (χ1) is 17.8. The van der Waals surface area contributed by atoms with Crippen LogP contribution in [0.5, 0.6) is 5.75 Å². The van der Waals surface area contributed by atoms with E-state index in [1.165, 1.54) is 6.33 Å². The van der Waals surface area contributed by atoms with Crippen LogP contribution in [0, 0.1) is 0 Å². The van der Waals surface area contributed by atoms with Crippen LogP contribution in [0.1, 0.15) is 26.2 Å². The number of ether oxygens (including phenoxy) is 3. The Kier molecular flexibility index (Phi) is 8.14. The molecule has 1 aromatic carbocycles. The summed E-state index contributed by atoms with van der Waals surface area (Å²) in [6.07, 6.45) is 1.31. The van der Waals surface area contributed by atoms with Gasteiger partial charge in [0.1, 0.15) is 33.4 Å². The number of nitrogen functional groups attached to an aromatic ring is 1. The number of aliphatic hydroxyl groups excluding tert-OH is 1. The summed E-state index contributed by atoms with van der Waals surface area (Å²) in [6.45, 7) is 1.64. The number of halogens is 2. The van der Waals surface area contributed by atoms with Gasteiger partial charge in [0.2, 0.25) is 0 Å². The van der Waals surface area contributed by atoms with Crippen LogP contribution in [0.25, 0.3) is 0 Å². The third-order valence-electron chi connectivity index (χ3n) is 5.85. The van der Waals surface area contributed by atoms with Gasteiger partial charge in [-0.25, -0.2) is 19.4 Å². The monoisotopic (exact) mass is 648 g/mol. The number of rotatable bonds is 11. The molecule has 1 fully saturated rings. The lowest BCUT2D eigenvalue weighted by molar-refractivity contribution is -0.166. The number of anilines is 2. The van der Waals surface area contributed by atoms with Crippen LogP contribution in [0.2, 0.25) is 0 Å². The molecule has 2 unspecified atom stereocenters. The highest BCUT2D eigenvalue weighted by Crippen LogP contribution is 2.48. The fourth-order valence-electron chi connectivity index (χ4n) is 3.69. The normalized spacial score (nSPS) is 24.4. The van der Waals surface area contributed by atoms with Gasteiger partial charge in [-0.1, -0.05) is 18.2 Å². The van der Waals surface area contributed by atoms with E-state index in [2.05, 4.69) is 18.2 Å². The predicted molar refractivity (Wildman–Crippen MR) is 141 cm³/mol. The third-order valence-corrected chi connectivity index (χ3v) is 9.78. The lowest BCUT2D eigenvalue weighted by atomic mass is 9.96. The van der Waals surface area contributed by atoms with Crippen molar-refractivity contribution < 1.29 is 32.8 Å². The summed E-state index contributed by atoms with van der Waals surface area (Å²) in [5.74, 6) is 0.357. The maximum atomic E-state index is 14.9. The van der Waals surface area contributed by atoms with Crippen molar-refractivity contribution in [3.8, 4) is 5.75 Å². The van der Waals surface area contributed by atoms with Crippen molar-refractivity contribution in [2.75, 3.05) is 15.2 Å². The second-order valence-electron chi connectivity index (χ2n) is 8.68. The molecule has 0 spiro atoms. The van der Waals surface area contributed by atoms with Crippen LogP contribution < -0.4 is 18.5 Å². The molecule has 2 aromatic rings. The molecule has 3 heterocycles. The zero-order valence-electron chi connectivity index (χ0n) is 19.8. The molecule has 0 saturated heterocycles. The van der Waals surface area contributed by atoms with Crippen LogP contribution in [0.15, 0.2) is 51.7 Å². The molecule has 2 aliphatic heterocycles. The summed E-state index contributed by atoms with van der Waals surface area (Å²) in [6, 6.07) is 7.83. The second kappa shape index (κ2) is 11.4. The van der Waals surface area contributed by atoms with E-state index in [0.29, 0.717) is 17.3 Å². The van der Waals surface area contributed by atoms with E-state index in [0.717, 1.165) is 25.3 Å². The molecule has 12 nitrogen and oxygen atoms in total. The van der Waals surface area contributed by atoms with Crippen LogP contribution in [0.3, 0.4) is 0 Å². The van der Waals surface area contributed by atoms with E-state index in [1.54, 1.807) is 40.4 Å². The zero-order chi connectivity index (χ0) is 26.0. The molecule has 5 atom stereocenters. The first-order valence-corrected chi connectivity index (χ1v) is 15.4. The minimum atomic E-state index is -3.77. The predicted octanol–water partition coefficient (Wildman–Crippen LogP) is 4.23. The van der Waals surface area contributed by atoms with Crippen LogP contribution in [-0.2, 0) is 18.8 Å². The lowest BCUT2D eigenvalue weighted by Crippen LogP contribution is -2.42. The van der Waals surface area contributed by atoms with Gasteiger partial charge in [-0.15, -0.1) is 0 Å². The molecular formula is C22H27FIN6O6P. The molecular weight excluding hydrogens is 621 g/mol. The number of benzene rings is 1. The summed E-state index contributed by atoms with van der Waals surface area (Å²) in [4.78, 5) is 8.07. The summed E-state index contributed by atoms with van der Waals surface area (Å²) in [5.41, 5.74) is 6.26. The van der Waals surface area contributed by atoms with Crippen LogP contribution >= 0.6 is 28.8 Å². The average molecular weight is 648 g/mol. The average Bonchev–Trinajstić information content (AvgIpc) is 3.44. The van der Waals surface area contributed by atoms with Crippen molar-refractivity contribution in [2.45, 2.75) is 57.1 Å². The van der Waals surface area contributed by atoms with Crippen LogP contribution in [0.4, 0.5) is 21.7 Å². The second-order valence-corrected chi connectivity index (χ2v) is 12.7. The summed E-state index contributed by atoms with van der Waals surface area (Å²) >= 11 is -1.04. The molecule has 5 rings (SSSR count). The molecule has 3 aliphatic rings. The van der Waals surface area contributed by atoms with E-state index in [-0.39, 0.29) is 11.9 Å². The smallest absolute Gasteiger partial charge is 0.342 e. The minimum absolute atomic E-state index is 0.0206. The molecule has 15 heteroatoms. The van der Waals surface area contributed by atoms with Gasteiger partial charge in [-0.2, -0.15) is 3.15 Å². The van der Waals surface area contributed by atoms with Crippen molar-refractivity contribution >= 4 is 46.1 Å². The zero-order valence-corrected chi connectivity index (χ0v) is 22.9. The Balaban J connectivity index is 1.24. The number of aromatic nitrogens is 2. The van der Waals surface area contributed by atoms with Crippen molar-refractivity contribution in [1.82, 2.24) is 15.1 Å². The molecule has 0 amide bonds. The summed E-state index contributed by atoms with van der Waals surface area (Å²) in [5, 5.41) is 13.3. The first-order valence-electron chi connectivity index (χ1n) is 11.7. The largest absolute Gasteiger partial charge is 0.431 e. The topological polar surface area (TPSA) is 154 Å². The van der Waals surface area contributed by atoms with E-state index in [9.17, 15) is 14.1 Å². The highest BCUT2D eigenvalue weighted by atomic mass is 127. The number of aliphatic hydroxyl groups is 1. The molecule has 1 saturated carbocycles. The molecule has 0 bridgehead atoms. The highest BCUT2D eigenvalue weighted by molar-refractivity contribution is 14.2. The van der Waals surface area contributed by atoms with Gasteiger partial charge < -0.3 is 29.6 Å². The summed E-state index contributed by atoms with van der Waals surface area (Å²) in [7, 11) is -3.77.